The molecular weight excluding hydrogens is 313 g/mol. The Hall–Kier alpha value is -0.840. The molecule has 108 valence electrons. The van der Waals surface area contributed by atoms with E-state index in [0.717, 1.165) is 5.56 Å². The summed E-state index contributed by atoms with van der Waals surface area (Å²) in [7, 11) is 0. The van der Waals surface area contributed by atoms with Gasteiger partial charge in [0.05, 0.1) is 16.3 Å². The highest BCUT2D eigenvalue weighted by molar-refractivity contribution is 7.80. The van der Waals surface area contributed by atoms with Gasteiger partial charge in [0.1, 0.15) is 0 Å². The Bertz CT molecular complexity index is 499. The molecule has 0 amide bonds. The van der Waals surface area contributed by atoms with Crippen molar-refractivity contribution in [2.45, 2.75) is 38.1 Å². The smallest absolute Gasteiger partial charge is 0.187 e. The minimum atomic E-state index is 0.476. The average molecular weight is 330 g/mol. The summed E-state index contributed by atoms with van der Waals surface area (Å²) in [6, 6.07) is 5.82. The van der Waals surface area contributed by atoms with E-state index in [9.17, 15) is 0 Å². The van der Waals surface area contributed by atoms with Gasteiger partial charge in [-0.05, 0) is 42.8 Å². The molecule has 2 N–H and O–H groups in total. The van der Waals surface area contributed by atoms with E-state index in [-0.39, 0.29) is 0 Å². The summed E-state index contributed by atoms with van der Waals surface area (Å²) in [5.41, 5.74) is 3.69. The van der Waals surface area contributed by atoms with E-state index >= 15 is 0 Å². The van der Waals surface area contributed by atoms with Gasteiger partial charge in [0.15, 0.2) is 5.11 Å². The zero-order valence-corrected chi connectivity index (χ0v) is 13.4. The molecule has 1 aromatic rings. The van der Waals surface area contributed by atoms with Crippen molar-refractivity contribution < 1.29 is 0 Å². The van der Waals surface area contributed by atoms with Crippen LogP contribution in [0.4, 0.5) is 0 Å². The van der Waals surface area contributed by atoms with E-state index in [1.165, 1.54) is 32.1 Å². The van der Waals surface area contributed by atoms with Gasteiger partial charge in [-0.25, -0.2) is 0 Å². The first kappa shape index (κ1) is 15.5. The number of rotatable bonds is 3. The quantitative estimate of drug-likeness (QED) is 0.497. The molecule has 2 rings (SSSR count). The Kier molecular flexibility index (Phi) is 6.07. The lowest BCUT2D eigenvalue weighted by molar-refractivity contribution is 0.412. The lowest BCUT2D eigenvalue weighted by Gasteiger charge is -2.23. The van der Waals surface area contributed by atoms with Crippen LogP contribution in [0, 0.1) is 0 Å². The predicted molar refractivity (Wildman–Crippen MR) is 89.8 cm³/mol. The lowest BCUT2D eigenvalue weighted by Crippen LogP contribution is -2.40. The zero-order valence-electron chi connectivity index (χ0n) is 11.0. The zero-order chi connectivity index (χ0) is 14.4. The van der Waals surface area contributed by atoms with Gasteiger partial charge in [-0.2, -0.15) is 5.10 Å². The molecule has 0 saturated heterocycles. The number of hydrogen-bond acceptors (Lipinski definition) is 2. The molecule has 0 heterocycles. The second-order valence-corrected chi connectivity index (χ2v) is 6.07. The van der Waals surface area contributed by atoms with Gasteiger partial charge in [-0.15, -0.1) is 0 Å². The van der Waals surface area contributed by atoms with Crippen LogP contribution in [0.25, 0.3) is 0 Å². The topological polar surface area (TPSA) is 36.4 Å². The Morgan fingerprint density at radius 1 is 1.20 bits per heavy atom. The molecule has 0 atom stereocenters. The first-order valence-corrected chi connectivity index (χ1v) is 7.86. The van der Waals surface area contributed by atoms with Crippen LogP contribution < -0.4 is 10.7 Å². The summed E-state index contributed by atoms with van der Waals surface area (Å²) in [6.45, 7) is 0. The number of thiocarbonyl (C=S) groups is 1. The largest absolute Gasteiger partial charge is 0.359 e. The van der Waals surface area contributed by atoms with E-state index in [1.54, 1.807) is 18.3 Å². The Morgan fingerprint density at radius 3 is 2.65 bits per heavy atom. The summed E-state index contributed by atoms with van der Waals surface area (Å²) in [6.07, 6.45) is 7.89. The molecule has 0 spiro atoms. The Labute approximate surface area is 134 Å². The average Bonchev–Trinajstić information content (AvgIpc) is 2.44. The minimum absolute atomic E-state index is 0.476. The summed E-state index contributed by atoms with van der Waals surface area (Å²) in [5.74, 6) is 0. The number of hydrazone groups is 1. The molecule has 1 saturated carbocycles. The van der Waals surface area contributed by atoms with Gasteiger partial charge >= 0.3 is 0 Å². The standard InChI is InChI=1S/C14H17Cl2N3S/c15-12-7-6-10(8-13(12)16)9-17-19-14(20)18-11-4-2-1-3-5-11/h6-9,11H,1-5H2,(H2,18,19,20)/b17-9+. The van der Waals surface area contributed by atoms with Crippen molar-refractivity contribution in [1.82, 2.24) is 10.7 Å². The van der Waals surface area contributed by atoms with Crippen LogP contribution in [0.5, 0.6) is 0 Å². The third kappa shape index (κ3) is 4.93. The Morgan fingerprint density at radius 2 is 1.95 bits per heavy atom. The first-order valence-electron chi connectivity index (χ1n) is 6.70. The normalized spacial score (nSPS) is 16.3. The van der Waals surface area contributed by atoms with Crippen LogP contribution in [-0.2, 0) is 0 Å². The van der Waals surface area contributed by atoms with Gasteiger partial charge in [-0.3, -0.25) is 5.43 Å². The second-order valence-electron chi connectivity index (χ2n) is 4.85. The van der Waals surface area contributed by atoms with Gasteiger partial charge < -0.3 is 5.32 Å². The van der Waals surface area contributed by atoms with Crippen LogP contribution in [-0.4, -0.2) is 17.4 Å². The van der Waals surface area contributed by atoms with Crippen molar-refractivity contribution >= 4 is 46.7 Å². The predicted octanol–water partition coefficient (Wildman–Crippen LogP) is 4.12. The van der Waals surface area contributed by atoms with Crippen molar-refractivity contribution in [3.8, 4) is 0 Å². The maximum atomic E-state index is 5.93. The number of nitrogens with one attached hydrogen (secondary N) is 2. The van der Waals surface area contributed by atoms with Crippen LogP contribution >= 0.6 is 35.4 Å². The fourth-order valence-electron chi connectivity index (χ4n) is 2.22. The molecule has 1 aliphatic carbocycles. The number of nitrogens with zero attached hydrogens (tertiary/aromatic N) is 1. The minimum Gasteiger partial charge on any atom is -0.359 e. The number of benzene rings is 1. The molecule has 0 radical (unpaired) electrons. The third-order valence-corrected chi connectivity index (χ3v) is 4.21. The molecule has 1 aromatic carbocycles. The number of hydrogen-bond donors (Lipinski definition) is 2. The molecule has 3 nitrogen and oxygen atoms in total. The molecule has 1 aliphatic rings. The van der Waals surface area contributed by atoms with E-state index in [1.807, 2.05) is 6.07 Å². The summed E-state index contributed by atoms with van der Waals surface area (Å²) >= 11 is 17.0. The maximum absolute atomic E-state index is 5.93. The third-order valence-electron chi connectivity index (χ3n) is 3.26. The summed E-state index contributed by atoms with van der Waals surface area (Å²) in [4.78, 5) is 0. The van der Waals surface area contributed by atoms with Crippen LogP contribution in [0.3, 0.4) is 0 Å². The summed E-state index contributed by atoms with van der Waals surface area (Å²) < 4.78 is 0. The molecule has 6 heteroatoms. The van der Waals surface area contributed by atoms with E-state index in [4.69, 9.17) is 35.4 Å². The molecule has 20 heavy (non-hydrogen) atoms. The second kappa shape index (κ2) is 7.81. The molecular formula is C14H17Cl2N3S. The molecule has 0 bridgehead atoms. The SMILES string of the molecule is S=C(N/N=C/c1ccc(Cl)c(Cl)c1)NC1CCCCC1. The molecule has 0 unspecified atom stereocenters. The Balaban J connectivity index is 1.79. The number of halogens is 2. The summed E-state index contributed by atoms with van der Waals surface area (Å²) in [5, 5.41) is 8.99. The highest BCUT2D eigenvalue weighted by Gasteiger charge is 2.13. The maximum Gasteiger partial charge on any atom is 0.187 e. The van der Waals surface area contributed by atoms with Gasteiger partial charge in [0.25, 0.3) is 0 Å². The fraction of sp³-hybridized carbons (Fsp3) is 0.429. The van der Waals surface area contributed by atoms with Gasteiger partial charge in [0, 0.05) is 6.04 Å². The fourth-order valence-corrected chi connectivity index (χ4v) is 2.75. The molecule has 0 aliphatic heterocycles. The van der Waals surface area contributed by atoms with Crippen LogP contribution in [0.1, 0.15) is 37.7 Å². The van der Waals surface area contributed by atoms with Crippen molar-refractivity contribution in [3.05, 3.63) is 33.8 Å². The monoisotopic (exact) mass is 329 g/mol. The van der Waals surface area contributed by atoms with E-state index in [0.29, 0.717) is 21.2 Å². The van der Waals surface area contributed by atoms with E-state index in [2.05, 4.69) is 15.8 Å². The first-order chi connectivity index (χ1) is 9.65. The van der Waals surface area contributed by atoms with Gasteiger partial charge in [0.2, 0.25) is 0 Å². The van der Waals surface area contributed by atoms with Crippen molar-refractivity contribution in [3.63, 3.8) is 0 Å². The highest BCUT2D eigenvalue weighted by Crippen LogP contribution is 2.21. The van der Waals surface area contributed by atoms with Crippen LogP contribution in [0.15, 0.2) is 23.3 Å². The van der Waals surface area contributed by atoms with Crippen LogP contribution in [0.2, 0.25) is 10.0 Å². The van der Waals surface area contributed by atoms with Crippen molar-refractivity contribution in [2.24, 2.45) is 5.10 Å². The molecule has 0 aromatic heterocycles. The van der Waals surface area contributed by atoms with E-state index < -0.39 is 0 Å². The molecule has 1 fully saturated rings. The van der Waals surface area contributed by atoms with Crippen molar-refractivity contribution in [1.29, 1.82) is 0 Å². The van der Waals surface area contributed by atoms with Crippen molar-refractivity contribution in [2.75, 3.05) is 0 Å². The lowest BCUT2D eigenvalue weighted by atomic mass is 9.96. The highest BCUT2D eigenvalue weighted by atomic mass is 35.5. The van der Waals surface area contributed by atoms with Gasteiger partial charge in [-0.1, -0.05) is 48.5 Å².